The van der Waals surface area contributed by atoms with Crippen LogP contribution in [0.5, 0.6) is 0 Å². The van der Waals surface area contributed by atoms with Crippen LogP contribution in [-0.2, 0) is 4.79 Å². The number of benzene rings is 2. The molecule has 1 aliphatic heterocycles. The van der Waals surface area contributed by atoms with Crippen molar-refractivity contribution < 1.29 is 9.59 Å². The van der Waals surface area contributed by atoms with Crippen molar-refractivity contribution in [3.05, 3.63) is 83.1 Å². The van der Waals surface area contributed by atoms with Gasteiger partial charge in [-0.1, -0.05) is 28.1 Å². The molecule has 0 radical (unpaired) electrons. The number of hydrogen-bond acceptors (Lipinski definition) is 4. The third kappa shape index (κ3) is 5.30. The summed E-state index contributed by atoms with van der Waals surface area (Å²) in [6, 6.07) is 18.4. The predicted molar refractivity (Wildman–Crippen MR) is 126 cm³/mol. The molecule has 4 rings (SSSR count). The summed E-state index contributed by atoms with van der Waals surface area (Å²) in [5.74, 6) is -0.385. The fourth-order valence-corrected chi connectivity index (χ4v) is 3.98. The number of pyridine rings is 1. The molecule has 2 heterocycles. The van der Waals surface area contributed by atoms with Crippen LogP contribution >= 0.6 is 15.9 Å². The van der Waals surface area contributed by atoms with Crippen molar-refractivity contribution in [1.29, 1.82) is 0 Å². The smallest absolute Gasteiger partial charge is 0.257 e. The molecular weight excluding hydrogens is 456 g/mol. The van der Waals surface area contributed by atoms with Gasteiger partial charge in [-0.25, -0.2) is 0 Å². The normalized spacial score (nSPS) is 14.2. The minimum absolute atomic E-state index is 0.0433. The molecule has 0 bridgehead atoms. The van der Waals surface area contributed by atoms with Crippen molar-refractivity contribution in [1.82, 2.24) is 4.98 Å². The van der Waals surface area contributed by atoms with Gasteiger partial charge in [-0.2, -0.15) is 0 Å². The van der Waals surface area contributed by atoms with E-state index in [1.807, 2.05) is 42.5 Å². The number of rotatable bonds is 5. The highest BCUT2D eigenvalue weighted by molar-refractivity contribution is 9.10. The van der Waals surface area contributed by atoms with Crippen molar-refractivity contribution in [2.75, 3.05) is 28.6 Å². The molecule has 0 aliphatic carbocycles. The Bertz CT molecular complexity index is 1050. The van der Waals surface area contributed by atoms with Gasteiger partial charge >= 0.3 is 0 Å². The number of carbonyl (C=O) groups excluding carboxylic acids is 2. The first-order valence-electron chi connectivity index (χ1n) is 10.2. The Labute approximate surface area is 189 Å². The van der Waals surface area contributed by atoms with E-state index in [-0.39, 0.29) is 17.7 Å². The topological polar surface area (TPSA) is 74.3 Å². The molecule has 2 aromatic carbocycles. The second-order valence-electron chi connectivity index (χ2n) is 7.46. The lowest BCUT2D eigenvalue weighted by Crippen LogP contribution is -2.38. The first-order chi connectivity index (χ1) is 15.1. The van der Waals surface area contributed by atoms with Gasteiger partial charge in [0.2, 0.25) is 5.91 Å². The van der Waals surface area contributed by atoms with Crippen LogP contribution in [-0.4, -0.2) is 29.9 Å². The van der Waals surface area contributed by atoms with E-state index in [4.69, 9.17) is 0 Å². The first-order valence-corrected chi connectivity index (χ1v) is 11.0. The quantitative estimate of drug-likeness (QED) is 0.543. The number of amides is 2. The molecule has 0 atom stereocenters. The molecule has 2 N–H and O–H groups in total. The fraction of sp³-hybridized carbons (Fsp3) is 0.208. The van der Waals surface area contributed by atoms with Gasteiger partial charge in [0.15, 0.2) is 0 Å². The van der Waals surface area contributed by atoms with Crippen molar-refractivity contribution in [2.45, 2.75) is 12.8 Å². The number of hydrogen-bond donors (Lipinski definition) is 2. The number of nitrogens with zero attached hydrogens (tertiary/aromatic N) is 2. The van der Waals surface area contributed by atoms with Gasteiger partial charge in [-0.3, -0.25) is 14.6 Å². The molecule has 3 aromatic rings. The molecule has 1 saturated heterocycles. The number of carbonyl (C=O) groups is 2. The van der Waals surface area contributed by atoms with Crippen molar-refractivity contribution in [3.8, 4) is 0 Å². The number of anilines is 3. The average Bonchev–Trinajstić information content (AvgIpc) is 2.81. The molecule has 7 heteroatoms. The monoisotopic (exact) mass is 478 g/mol. The van der Waals surface area contributed by atoms with Crippen LogP contribution in [0.3, 0.4) is 0 Å². The maximum Gasteiger partial charge on any atom is 0.257 e. The van der Waals surface area contributed by atoms with Crippen molar-refractivity contribution in [2.24, 2.45) is 5.92 Å². The molecule has 0 saturated carbocycles. The second-order valence-corrected chi connectivity index (χ2v) is 8.38. The summed E-state index contributed by atoms with van der Waals surface area (Å²) in [5, 5.41) is 5.85. The van der Waals surface area contributed by atoms with Gasteiger partial charge in [-0.05, 0) is 61.4 Å². The second kappa shape index (κ2) is 9.75. The maximum absolute atomic E-state index is 12.9. The van der Waals surface area contributed by atoms with Gasteiger partial charge in [0.1, 0.15) is 0 Å². The number of aromatic nitrogens is 1. The summed E-state index contributed by atoms with van der Waals surface area (Å²) in [6.07, 6.45) is 5.09. The minimum Gasteiger partial charge on any atom is -0.371 e. The van der Waals surface area contributed by atoms with E-state index in [1.165, 1.54) is 0 Å². The molecule has 1 aliphatic rings. The standard InChI is InChI=1S/C24H23BrN4O2/c25-18-5-7-19(8-6-18)27-24(31)21-3-1-2-4-22(21)28-23(30)17-11-15-29(16-12-17)20-9-13-26-14-10-20/h1-10,13-14,17H,11-12,15-16H2,(H,27,31)(H,28,30). The van der Waals surface area contributed by atoms with E-state index in [0.29, 0.717) is 16.9 Å². The summed E-state index contributed by atoms with van der Waals surface area (Å²) < 4.78 is 0.938. The average molecular weight is 479 g/mol. The maximum atomic E-state index is 12.9. The van der Waals surface area contributed by atoms with Crippen LogP contribution in [0.25, 0.3) is 0 Å². The summed E-state index contributed by atoms with van der Waals surface area (Å²) in [6.45, 7) is 1.63. The molecule has 158 valence electrons. The molecule has 0 unspecified atom stereocenters. The molecule has 6 nitrogen and oxygen atoms in total. The van der Waals surface area contributed by atoms with E-state index in [2.05, 4.69) is 36.4 Å². The number of piperidine rings is 1. The van der Waals surface area contributed by atoms with Gasteiger partial charge in [0.05, 0.1) is 11.3 Å². The van der Waals surface area contributed by atoms with E-state index < -0.39 is 0 Å². The van der Waals surface area contributed by atoms with Gasteiger partial charge in [-0.15, -0.1) is 0 Å². The lowest BCUT2D eigenvalue weighted by Gasteiger charge is -2.33. The van der Waals surface area contributed by atoms with Gasteiger partial charge in [0.25, 0.3) is 5.91 Å². The van der Waals surface area contributed by atoms with Crippen LogP contribution in [0.1, 0.15) is 23.2 Å². The molecular formula is C24H23BrN4O2. The fourth-order valence-electron chi connectivity index (χ4n) is 3.71. The van der Waals surface area contributed by atoms with Gasteiger partial charge < -0.3 is 15.5 Å². The Morgan fingerprint density at radius 3 is 2.29 bits per heavy atom. The summed E-state index contributed by atoms with van der Waals surface area (Å²) >= 11 is 3.38. The Kier molecular flexibility index (Phi) is 6.62. The third-order valence-electron chi connectivity index (χ3n) is 5.43. The van der Waals surface area contributed by atoms with E-state index in [1.54, 1.807) is 30.6 Å². The van der Waals surface area contributed by atoms with Crippen LogP contribution in [0, 0.1) is 5.92 Å². The third-order valence-corrected chi connectivity index (χ3v) is 5.95. The van der Waals surface area contributed by atoms with Crippen LogP contribution in [0.15, 0.2) is 77.5 Å². The largest absolute Gasteiger partial charge is 0.371 e. The van der Waals surface area contributed by atoms with E-state index >= 15 is 0 Å². The zero-order valence-corrected chi connectivity index (χ0v) is 18.5. The first kappa shape index (κ1) is 21.1. The Morgan fingerprint density at radius 2 is 1.58 bits per heavy atom. The van der Waals surface area contributed by atoms with Crippen LogP contribution < -0.4 is 15.5 Å². The lowest BCUT2D eigenvalue weighted by atomic mass is 9.95. The zero-order valence-electron chi connectivity index (χ0n) is 16.9. The highest BCUT2D eigenvalue weighted by atomic mass is 79.9. The lowest BCUT2D eigenvalue weighted by molar-refractivity contribution is -0.120. The Hall–Kier alpha value is -3.19. The highest BCUT2D eigenvalue weighted by Crippen LogP contribution is 2.25. The van der Waals surface area contributed by atoms with Gasteiger partial charge in [0, 0.05) is 47.2 Å². The molecule has 31 heavy (non-hydrogen) atoms. The molecule has 1 aromatic heterocycles. The predicted octanol–water partition coefficient (Wildman–Crippen LogP) is 4.95. The number of halogens is 1. The molecule has 2 amide bonds. The Morgan fingerprint density at radius 1 is 0.903 bits per heavy atom. The highest BCUT2D eigenvalue weighted by Gasteiger charge is 2.26. The number of nitrogens with one attached hydrogen (secondary N) is 2. The van der Waals surface area contributed by atoms with Crippen LogP contribution in [0.2, 0.25) is 0 Å². The van der Waals surface area contributed by atoms with Crippen molar-refractivity contribution in [3.63, 3.8) is 0 Å². The SMILES string of the molecule is O=C(Nc1ccc(Br)cc1)c1ccccc1NC(=O)C1CCN(c2ccncc2)CC1. The van der Waals surface area contributed by atoms with Crippen LogP contribution in [0.4, 0.5) is 17.1 Å². The minimum atomic E-state index is -0.259. The Balaban J connectivity index is 1.39. The van der Waals surface area contributed by atoms with E-state index in [0.717, 1.165) is 36.1 Å². The van der Waals surface area contributed by atoms with E-state index in [9.17, 15) is 9.59 Å². The summed E-state index contributed by atoms with van der Waals surface area (Å²) in [7, 11) is 0. The molecule has 1 fully saturated rings. The summed E-state index contributed by atoms with van der Waals surface area (Å²) in [4.78, 5) is 32.0. The zero-order chi connectivity index (χ0) is 21.6. The number of para-hydroxylation sites is 1. The molecule has 0 spiro atoms. The summed E-state index contributed by atoms with van der Waals surface area (Å²) in [5.41, 5.74) is 2.79. The van der Waals surface area contributed by atoms with Crippen molar-refractivity contribution >= 4 is 44.8 Å².